The normalized spacial score (nSPS) is 16.5. The van der Waals surface area contributed by atoms with Crippen molar-refractivity contribution in [3.05, 3.63) is 35.3 Å². The quantitative estimate of drug-likeness (QED) is 0.912. The standard InChI is InChI=1S/C16H21N3O/c1-11-10-12(2)19-9-8-14(15(19)17-11)16(20)18-13-6-4-3-5-7-13/h8-10,13H,3-7H2,1-2H3,(H,18,20). The van der Waals surface area contributed by atoms with Gasteiger partial charge < -0.3 is 9.72 Å². The van der Waals surface area contributed by atoms with E-state index in [-0.39, 0.29) is 5.91 Å². The molecule has 1 aliphatic carbocycles. The molecule has 106 valence electrons. The minimum atomic E-state index is 0.0110. The predicted molar refractivity (Wildman–Crippen MR) is 79.0 cm³/mol. The maximum Gasteiger partial charge on any atom is 0.255 e. The van der Waals surface area contributed by atoms with E-state index in [0.717, 1.165) is 29.9 Å². The van der Waals surface area contributed by atoms with Crippen molar-refractivity contribution in [2.45, 2.75) is 52.0 Å². The number of hydrogen-bond acceptors (Lipinski definition) is 2. The van der Waals surface area contributed by atoms with Crippen molar-refractivity contribution in [1.29, 1.82) is 0 Å². The van der Waals surface area contributed by atoms with E-state index in [0.29, 0.717) is 11.6 Å². The summed E-state index contributed by atoms with van der Waals surface area (Å²) in [5.41, 5.74) is 3.49. The maximum atomic E-state index is 12.4. The van der Waals surface area contributed by atoms with Crippen LogP contribution in [0.5, 0.6) is 0 Å². The molecular weight excluding hydrogens is 250 g/mol. The first-order valence-corrected chi connectivity index (χ1v) is 7.41. The molecule has 4 heteroatoms. The third kappa shape index (κ3) is 2.42. The molecule has 2 heterocycles. The van der Waals surface area contributed by atoms with E-state index in [4.69, 9.17) is 0 Å². The maximum absolute atomic E-state index is 12.4. The number of rotatable bonds is 2. The van der Waals surface area contributed by atoms with Gasteiger partial charge in [-0.05, 0) is 38.8 Å². The smallest absolute Gasteiger partial charge is 0.255 e. The lowest BCUT2D eigenvalue weighted by molar-refractivity contribution is 0.0929. The Morgan fingerprint density at radius 3 is 2.80 bits per heavy atom. The van der Waals surface area contributed by atoms with Crippen LogP contribution in [-0.2, 0) is 0 Å². The first-order chi connectivity index (χ1) is 9.65. The molecule has 1 N–H and O–H groups in total. The summed E-state index contributed by atoms with van der Waals surface area (Å²) in [5, 5.41) is 3.16. The summed E-state index contributed by atoms with van der Waals surface area (Å²) in [7, 11) is 0. The summed E-state index contributed by atoms with van der Waals surface area (Å²) in [6.45, 7) is 3.99. The molecule has 2 aromatic heterocycles. The number of aryl methyl sites for hydroxylation is 2. The second-order valence-electron chi connectivity index (χ2n) is 5.77. The summed E-state index contributed by atoms with van der Waals surface area (Å²) in [4.78, 5) is 17.0. The van der Waals surface area contributed by atoms with Gasteiger partial charge >= 0.3 is 0 Å². The van der Waals surface area contributed by atoms with Crippen LogP contribution in [0.3, 0.4) is 0 Å². The Labute approximate surface area is 119 Å². The monoisotopic (exact) mass is 271 g/mol. The Bertz CT molecular complexity index is 638. The lowest BCUT2D eigenvalue weighted by Crippen LogP contribution is -2.36. The third-order valence-corrected chi connectivity index (χ3v) is 4.12. The van der Waals surface area contributed by atoms with Crippen LogP contribution >= 0.6 is 0 Å². The fourth-order valence-electron chi connectivity index (χ4n) is 3.08. The number of aromatic nitrogens is 2. The predicted octanol–water partition coefficient (Wildman–Crippen LogP) is 3.01. The summed E-state index contributed by atoms with van der Waals surface area (Å²) < 4.78 is 1.97. The number of amides is 1. The minimum Gasteiger partial charge on any atom is -0.349 e. The molecule has 20 heavy (non-hydrogen) atoms. The van der Waals surface area contributed by atoms with Crippen molar-refractivity contribution in [3.8, 4) is 0 Å². The van der Waals surface area contributed by atoms with Gasteiger partial charge in [-0.15, -0.1) is 0 Å². The van der Waals surface area contributed by atoms with Crippen molar-refractivity contribution in [2.75, 3.05) is 0 Å². The van der Waals surface area contributed by atoms with E-state index in [1.165, 1.54) is 19.3 Å². The van der Waals surface area contributed by atoms with Crippen LogP contribution in [0.15, 0.2) is 18.3 Å². The Hall–Kier alpha value is -1.84. The molecule has 1 amide bonds. The molecule has 1 saturated carbocycles. The molecule has 0 unspecified atom stereocenters. The van der Waals surface area contributed by atoms with E-state index >= 15 is 0 Å². The van der Waals surface area contributed by atoms with Crippen LogP contribution in [0.1, 0.15) is 53.8 Å². The van der Waals surface area contributed by atoms with Gasteiger partial charge in [-0.3, -0.25) is 4.79 Å². The highest BCUT2D eigenvalue weighted by atomic mass is 16.1. The summed E-state index contributed by atoms with van der Waals surface area (Å²) in [6.07, 6.45) is 7.86. The molecule has 0 bridgehead atoms. The van der Waals surface area contributed by atoms with Crippen molar-refractivity contribution in [3.63, 3.8) is 0 Å². The van der Waals surface area contributed by atoms with E-state index < -0.39 is 0 Å². The summed E-state index contributed by atoms with van der Waals surface area (Å²) >= 11 is 0. The van der Waals surface area contributed by atoms with Crippen LogP contribution in [0, 0.1) is 13.8 Å². The minimum absolute atomic E-state index is 0.0110. The lowest BCUT2D eigenvalue weighted by atomic mass is 9.95. The van der Waals surface area contributed by atoms with Gasteiger partial charge in [-0.1, -0.05) is 19.3 Å². The van der Waals surface area contributed by atoms with Gasteiger partial charge in [-0.2, -0.15) is 0 Å². The van der Waals surface area contributed by atoms with Gasteiger partial charge in [0.25, 0.3) is 5.91 Å². The molecular formula is C16H21N3O. The van der Waals surface area contributed by atoms with Crippen LogP contribution in [0.2, 0.25) is 0 Å². The van der Waals surface area contributed by atoms with Crippen LogP contribution in [-0.4, -0.2) is 21.3 Å². The molecule has 0 atom stereocenters. The van der Waals surface area contributed by atoms with Gasteiger partial charge in [0.1, 0.15) is 5.65 Å². The average molecular weight is 271 g/mol. The first-order valence-electron chi connectivity index (χ1n) is 7.41. The Balaban J connectivity index is 1.87. The van der Waals surface area contributed by atoms with Gasteiger partial charge in [-0.25, -0.2) is 4.98 Å². The zero-order chi connectivity index (χ0) is 14.1. The molecule has 0 aromatic carbocycles. The fourth-order valence-corrected chi connectivity index (χ4v) is 3.08. The fraction of sp³-hybridized carbons (Fsp3) is 0.500. The molecule has 3 rings (SSSR count). The molecule has 0 aliphatic heterocycles. The average Bonchev–Trinajstić information content (AvgIpc) is 2.84. The number of carbonyl (C=O) groups is 1. The second-order valence-corrected chi connectivity index (χ2v) is 5.77. The molecule has 2 aromatic rings. The Morgan fingerprint density at radius 1 is 1.30 bits per heavy atom. The number of nitrogens with one attached hydrogen (secondary N) is 1. The summed E-state index contributed by atoms with van der Waals surface area (Å²) in [6, 6.07) is 4.22. The zero-order valence-electron chi connectivity index (χ0n) is 12.1. The molecule has 4 nitrogen and oxygen atoms in total. The first kappa shape index (κ1) is 13.2. The van der Waals surface area contributed by atoms with Gasteiger partial charge in [0.15, 0.2) is 0 Å². The van der Waals surface area contributed by atoms with E-state index in [1.54, 1.807) is 0 Å². The van der Waals surface area contributed by atoms with Crippen molar-refractivity contribution >= 4 is 11.6 Å². The Kier molecular flexibility index (Phi) is 3.47. The number of carbonyl (C=O) groups excluding carboxylic acids is 1. The highest BCUT2D eigenvalue weighted by Crippen LogP contribution is 2.19. The topological polar surface area (TPSA) is 46.4 Å². The zero-order valence-corrected chi connectivity index (χ0v) is 12.1. The highest BCUT2D eigenvalue weighted by molar-refractivity contribution is 6.00. The number of hydrogen-bond donors (Lipinski definition) is 1. The van der Waals surface area contributed by atoms with E-state index in [2.05, 4.69) is 10.3 Å². The summed E-state index contributed by atoms with van der Waals surface area (Å²) in [5.74, 6) is 0.0110. The van der Waals surface area contributed by atoms with E-state index in [9.17, 15) is 4.79 Å². The molecule has 1 aliphatic rings. The highest BCUT2D eigenvalue weighted by Gasteiger charge is 2.19. The van der Waals surface area contributed by atoms with Crippen molar-refractivity contribution in [2.24, 2.45) is 0 Å². The van der Waals surface area contributed by atoms with Gasteiger partial charge in [0, 0.05) is 23.6 Å². The number of fused-ring (bicyclic) bond motifs is 1. The van der Waals surface area contributed by atoms with Crippen molar-refractivity contribution in [1.82, 2.24) is 14.7 Å². The largest absolute Gasteiger partial charge is 0.349 e. The van der Waals surface area contributed by atoms with Gasteiger partial charge in [0.05, 0.1) is 5.56 Å². The molecule has 0 saturated heterocycles. The Morgan fingerprint density at radius 2 is 2.05 bits per heavy atom. The lowest BCUT2D eigenvalue weighted by Gasteiger charge is -2.22. The second kappa shape index (κ2) is 5.27. The van der Waals surface area contributed by atoms with E-state index in [1.807, 2.05) is 36.6 Å². The van der Waals surface area contributed by atoms with Crippen LogP contribution in [0.4, 0.5) is 0 Å². The SMILES string of the molecule is Cc1cc(C)n2ccc(C(=O)NC3CCCCC3)c2n1. The van der Waals surface area contributed by atoms with Gasteiger partial charge in [0.2, 0.25) is 0 Å². The van der Waals surface area contributed by atoms with Crippen molar-refractivity contribution < 1.29 is 4.79 Å². The van der Waals surface area contributed by atoms with Crippen LogP contribution < -0.4 is 5.32 Å². The molecule has 1 fully saturated rings. The molecule has 0 radical (unpaired) electrons. The number of nitrogens with zero attached hydrogens (tertiary/aromatic N) is 2. The van der Waals surface area contributed by atoms with Crippen LogP contribution in [0.25, 0.3) is 5.65 Å². The molecule has 0 spiro atoms. The third-order valence-electron chi connectivity index (χ3n) is 4.12.